The molecule has 0 spiro atoms. The summed E-state index contributed by atoms with van der Waals surface area (Å²) in [5.74, 6) is -0.0985. The van der Waals surface area contributed by atoms with Crippen molar-refractivity contribution in [3.8, 4) is 0 Å². The number of ether oxygens (including phenoxy) is 2. The number of esters is 2. The molecule has 4 unspecified atom stereocenters. The van der Waals surface area contributed by atoms with Gasteiger partial charge in [0.1, 0.15) is 0 Å². The Balaban J connectivity index is 2.65. The first-order chi connectivity index (χ1) is 14.4. The summed E-state index contributed by atoms with van der Waals surface area (Å²) >= 11 is 0. The van der Waals surface area contributed by atoms with Crippen LogP contribution in [-0.4, -0.2) is 25.2 Å². The van der Waals surface area contributed by atoms with E-state index in [1.807, 2.05) is 31.2 Å². The second-order valence-corrected chi connectivity index (χ2v) is 9.03. The highest BCUT2D eigenvalue weighted by atomic mass is 16.5. The van der Waals surface area contributed by atoms with Crippen LogP contribution in [0.3, 0.4) is 0 Å². The number of allylic oxidation sites excluding steroid dienone is 2. The van der Waals surface area contributed by atoms with E-state index >= 15 is 0 Å². The van der Waals surface area contributed by atoms with Crippen molar-refractivity contribution >= 4 is 11.9 Å². The molecule has 172 valence electrons. The standard InChI is InChI=1S/C26H44O4/c1-6-10-14-21(8-3)19-29-24(27)23-16-12-13-17-26(5,18-23)25(28)30-20-22(9-4)15-11-7-2/h12-13,16-17,21-23H,6-11,14-15,18-20H2,1-5H3. The lowest BCUT2D eigenvalue weighted by atomic mass is 9.81. The largest absolute Gasteiger partial charge is 0.465 e. The molecule has 0 amide bonds. The number of carbonyl (C=O) groups excluding carboxylic acids is 2. The predicted octanol–water partition coefficient (Wildman–Crippen LogP) is 6.64. The maximum absolute atomic E-state index is 12.9. The zero-order valence-corrected chi connectivity index (χ0v) is 20.0. The molecule has 0 N–H and O–H groups in total. The Morgan fingerprint density at radius 2 is 1.50 bits per heavy atom. The van der Waals surface area contributed by atoms with Crippen LogP contribution in [0.4, 0.5) is 0 Å². The van der Waals surface area contributed by atoms with Crippen molar-refractivity contribution in [1.29, 1.82) is 0 Å². The van der Waals surface area contributed by atoms with Crippen molar-refractivity contribution in [2.75, 3.05) is 13.2 Å². The third kappa shape index (κ3) is 9.06. The first-order valence-corrected chi connectivity index (χ1v) is 12.1. The first-order valence-electron chi connectivity index (χ1n) is 12.1. The van der Waals surface area contributed by atoms with Crippen molar-refractivity contribution in [2.24, 2.45) is 23.2 Å². The quantitative estimate of drug-likeness (QED) is 0.295. The van der Waals surface area contributed by atoms with Gasteiger partial charge in [-0.15, -0.1) is 0 Å². The van der Waals surface area contributed by atoms with E-state index in [1.54, 1.807) is 0 Å². The lowest BCUT2D eigenvalue weighted by Gasteiger charge is -2.27. The van der Waals surface area contributed by atoms with Gasteiger partial charge in [0, 0.05) is 0 Å². The zero-order chi connectivity index (χ0) is 22.4. The van der Waals surface area contributed by atoms with E-state index in [1.165, 1.54) is 0 Å². The molecule has 0 heterocycles. The number of rotatable bonds is 14. The van der Waals surface area contributed by atoms with E-state index in [2.05, 4.69) is 27.7 Å². The SMILES string of the molecule is CCCCC(CC)COC(=O)C1C=CC=CC(C)(C(=O)OCC(CC)CCCC)C1. The molecule has 0 fully saturated rings. The van der Waals surface area contributed by atoms with E-state index in [4.69, 9.17) is 9.47 Å². The molecule has 4 nitrogen and oxygen atoms in total. The monoisotopic (exact) mass is 420 g/mol. The van der Waals surface area contributed by atoms with Gasteiger partial charge in [-0.1, -0.05) is 90.5 Å². The van der Waals surface area contributed by atoms with Crippen molar-refractivity contribution in [3.05, 3.63) is 24.3 Å². The summed E-state index contributed by atoms with van der Waals surface area (Å²) in [7, 11) is 0. The molecule has 0 radical (unpaired) electrons. The summed E-state index contributed by atoms with van der Waals surface area (Å²) < 4.78 is 11.4. The molecule has 0 bridgehead atoms. The maximum Gasteiger partial charge on any atom is 0.315 e. The van der Waals surface area contributed by atoms with E-state index < -0.39 is 11.3 Å². The van der Waals surface area contributed by atoms with E-state index in [0.717, 1.165) is 51.4 Å². The molecule has 0 saturated carbocycles. The number of hydrogen-bond acceptors (Lipinski definition) is 4. The van der Waals surface area contributed by atoms with Crippen LogP contribution in [0.2, 0.25) is 0 Å². The molecule has 0 saturated heterocycles. The lowest BCUT2D eigenvalue weighted by Crippen LogP contribution is -2.33. The Morgan fingerprint density at radius 3 is 2.03 bits per heavy atom. The number of carbonyl (C=O) groups is 2. The van der Waals surface area contributed by atoms with E-state index in [9.17, 15) is 9.59 Å². The van der Waals surface area contributed by atoms with Crippen molar-refractivity contribution < 1.29 is 19.1 Å². The molecule has 1 aliphatic rings. The normalized spacial score (nSPS) is 22.9. The molecular formula is C26H44O4. The molecule has 4 heteroatoms. The highest BCUT2D eigenvalue weighted by molar-refractivity contribution is 5.81. The fourth-order valence-corrected chi connectivity index (χ4v) is 3.83. The third-order valence-corrected chi connectivity index (χ3v) is 6.33. The minimum Gasteiger partial charge on any atom is -0.465 e. The minimum atomic E-state index is -0.817. The maximum atomic E-state index is 12.9. The molecular weight excluding hydrogens is 376 g/mol. The van der Waals surface area contributed by atoms with Gasteiger partial charge < -0.3 is 9.47 Å². The average molecular weight is 421 g/mol. The summed E-state index contributed by atoms with van der Waals surface area (Å²) in [4.78, 5) is 25.6. The van der Waals surface area contributed by atoms with Crippen LogP contribution in [0.25, 0.3) is 0 Å². The van der Waals surface area contributed by atoms with Gasteiger partial charge in [-0.05, 0) is 38.0 Å². The molecule has 4 atom stereocenters. The molecule has 1 rings (SSSR count). The van der Waals surface area contributed by atoms with Gasteiger partial charge in [-0.3, -0.25) is 9.59 Å². The van der Waals surface area contributed by atoms with Crippen molar-refractivity contribution in [2.45, 2.75) is 92.4 Å². The third-order valence-electron chi connectivity index (χ3n) is 6.33. The van der Waals surface area contributed by atoms with Crippen LogP contribution in [-0.2, 0) is 19.1 Å². The molecule has 0 aromatic rings. The predicted molar refractivity (Wildman–Crippen MR) is 123 cm³/mol. The zero-order valence-electron chi connectivity index (χ0n) is 20.0. The van der Waals surface area contributed by atoms with Gasteiger partial charge in [-0.2, -0.15) is 0 Å². The highest BCUT2D eigenvalue weighted by Crippen LogP contribution is 2.33. The first kappa shape index (κ1) is 26.5. The van der Waals surface area contributed by atoms with Crippen molar-refractivity contribution in [1.82, 2.24) is 0 Å². The van der Waals surface area contributed by atoms with E-state index in [0.29, 0.717) is 31.5 Å². The van der Waals surface area contributed by atoms with Crippen LogP contribution < -0.4 is 0 Å². The second kappa shape index (κ2) is 14.4. The average Bonchev–Trinajstić information content (AvgIpc) is 2.96. The van der Waals surface area contributed by atoms with Gasteiger partial charge in [-0.25, -0.2) is 0 Å². The van der Waals surface area contributed by atoms with Gasteiger partial charge in [0.25, 0.3) is 0 Å². The van der Waals surface area contributed by atoms with Crippen molar-refractivity contribution in [3.63, 3.8) is 0 Å². The molecule has 30 heavy (non-hydrogen) atoms. The fourth-order valence-electron chi connectivity index (χ4n) is 3.83. The Morgan fingerprint density at radius 1 is 0.933 bits per heavy atom. The molecule has 0 aromatic heterocycles. The summed E-state index contributed by atoms with van der Waals surface area (Å²) in [6, 6.07) is 0. The summed E-state index contributed by atoms with van der Waals surface area (Å²) in [6.45, 7) is 11.4. The van der Waals surface area contributed by atoms with Crippen LogP contribution >= 0.6 is 0 Å². The second-order valence-electron chi connectivity index (χ2n) is 9.03. The summed E-state index contributed by atoms with van der Waals surface area (Å²) in [5, 5.41) is 0. The molecule has 0 aliphatic heterocycles. The van der Waals surface area contributed by atoms with Crippen LogP contribution in [0.15, 0.2) is 24.3 Å². The van der Waals surface area contributed by atoms with Gasteiger partial charge in [0.05, 0.1) is 24.5 Å². The van der Waals surface area contributed by atoms with Gasteiger partial charge in [0.2, 0.25) is 0 Å². The Bertz CT molecular complexity index is 565. The van der Waals surface area contributed by atoms with Crippen LogP contribution in [0.1, 0.15) is 92.4 Å². The van der Waals surface area contributed by atoms with E-state index in [-0.39, 0.29) is 11.9 Å². The Labute approximate surface area is 184 Å². The molecule has 0 aromatic carbocycles. The van der Waals surface area contributed by atoms with Crippen LogP contribution in [0, 0.1) is 23.2 Å². The summed E-state index contributed by atoms with van der Waals surface area (Å²) in [5.41, 5.74) is -0.817. The number of unbranched alkanes of at least 4 members (excludes halogenated alkanes) is 2. The Kier molecular flexibility index (Phi) is 12.7. The van der Waals surface area contributed by atoms with Gasteiger partial charge >= 0.3 is 11.9 Å². The Hall–Kier alpha value is -1.58. The fraction of sp³-hybridized carbons (Fsp3) is 0.769. The topological polar surface area (TPSA) is 52.6 Å². The van der Waals surface area contributed by atoms with Gasteiger partial charge in [0.15, 0.2) is 0 Å². The lowest BCUT2D eigenvalue weighted by molar-refractivity contribution is -0.156. The molecule has 1 aliphatic carbocycles. The highest BCUT2D eigenvalue weighted by Gasteiger charge is 2.38. The van der Waals surface area contributed by atoms with Crippen LogP contribution in [0.5, 0.6) is 0 Å². The minimum absolute atomic E-state index is 0.238. The number of hydrogen-bond donors (Lipinski definition) is 0. The smallest absolute Gasteiger partial charge is 0.315 e. The summed E-state index contributed by atoms with van der Waals surface area (Å²) in [6.07, 6.45) is 16.6.